The number of thiophene rings is 1. The lowest BCUT2D eigenvalue weighted by Gasteiger charge is -2.22. The zero-order chi connectivity index (χ0) is 10.8. The van der Waals surface area contributed by atoms with E-state index < -0.39 is 0 Å². The third-order valence-corrected chi connectivity index (χ3v) is 3.31. The summed E-state index contributed by atoms with van der Waals surface area (Å²) in [6.07, 6.45) is 0. The molecule has 0 fully saturated rings. The normalized spacial score (nSPS) is 11.4. The Labute approximate surface area is 93.3 Å². The van der Waals surface area contributed by atoms with E-state index in [9.17, 15) is 4.79 Å². The van der Waals surface area contributed by atoms with Crippen LogP contribution in [0.4, 0.5) is 0 Å². The molecule has 1 aromatic heterocycles. The van der Waals surface area contributed by atoms with E-state index in [1.807, 2.05) is 32.2 Å². The first-order valence-electron chi connectivity index (χ1n) is 4.38. The van der Waals surface area contributed by atoms with Crippen molar-refractivity contribution in [3.05, 3.63) is 21.9 Å². The molecule has 1 N–H and O–H groups in total. The predicted molar refractivity (Wildman–Crippen MR) is 61.3 cm³/mol. The monoisotopic (exact) mass is 231 g/mol. The predicted octanol–water partition coefficient (Wildman–Crippen LogP) is 2.80. The fraction of sp³-hybridized carbons (Fsp3) is 0.500. The van der Waals surface area contributed by atoms with Gasteiger partial charge in [0.25, 0.3) is 5.91 Å². The average Bonchev–Trinajstić information content (AvgIpc) is 2.51. The maximum Gasteiger partial charge on any atom is 0.252 e. The molecule has 1 rings (SSSR count). The lowest BCUT2D eigenvalue weighted by molar-refractivity contribution is 0.0921. The van der Waals surface area contributed by atoms with Crippen LogP contribution < -0.4 is 5.32 Å². The summed E-state index contributed by atoms with van der Waals surface area (Å²) in [5.74, 6) is 0.349. The summed E-state index contributed by atoms with van der Waals surface area (Å²) in [5, 5.41) is 4.73. The molecule has 0 radical (unpaired) electrons. The molecule has 78 valence electrons. The van der Waals surface area contributed by atoms with E-state index in [0.717, 1.165) is 4.88 Å². The van der Waals surface area contributed by atoms with E-state index in [2.05, 4.69) is 5.32 Å². The molecule has 0 spiro atoms. The Bertz CT molecular complexity index is 333. The van der Waals surface area contributed by atoms with Gasteiger partial charge in [0.15, 0.2) is 0 Å². The fourth-order valence-electron chi connectivity index (χ4n) is 0.975. The number of aryl methyl sites for hydroxylation is 1. The topological polar surface area (TPSA) is 29.1 Å². The second-order valence-electron chi connectivity index (χ2n) is 3.92. The molecule has 0 aliphatic heterocycles. The maximum atomic E-state index is 11.7. The molecule has 4 heteroatoms. The zero-order valence-corrected chi connectivity index (χ0v) is 10.1. The van der Waals surface area contributed by atoms with E-state index in [4.69, 9.17) is 11.6 Å². The second kappa shape index (κ2) is 4.32. The number of carbonyl (C=O) groups is 1. The van der Waals surface area contributed by atoms with Crippen molar-refractivity contribution in [3.63, 3.8) is 0 Å². The van der Waals surface area contributed by atoms with Crippen LogP contribution in [0.15, 0.2) is 11.4 Å². The molecule has 0 atom stereocenters. The van der Waals surface area contributed by atoms with Crippen molar-refractivity contribution in [2.75, 3.05) is 5.88 Å². The summed E-state index contributed by atoms with van der Waals surface area (Å²) >= 11 is 7.29. The molecule has 0 bridgehead atoms. The molecular formula is C10H14ClNOS. The molecule has 1 amide bonds. The van der Waals surface area contributed by atoms with Crippen LogP contribution in [0.25, 0.3) is 0 Å². The first kappa shape index (κ1) is 11.5. The number of amides is 1. The summed E-state index contributed by atoms with van der Waals surface area (Å²) < 4.78 is 0. The second-order valence-corrected chi connectivity index (χ2v) is 5.30. The number of hydrogen-bond donors (Lipinski definition) is 1. The van der Waals surface area contributed by atoms with E-state index in [0.29, 0.717) is 11.4 Å². The Morgan fingerprint density at radius 1 is 1.64 bits per heavy atom. The van der Waals surface area contributed by atoms with Crippen molar-refractivity contribution in [2.24, 2.45) is 0 Å². The highest BCUT2D eigenvalue weighted by molar-refractivity contribution is 7.10. The number of rotatable bonds is 3. The quantitative estimate of drug-likeness (QED) is 0.797. The van der Waals surface area contributed by atoms with Gasteiger partial charge in [0.2, 0.25) is 0 Å². The van der Waals surface area contributed by atoms with Gasteiger partial charge in [-0.3, -0.25) is 4.79 Å². The largest absolute Gasteiger partial charge is 0.346 e. The Morgan fingerprint density at radius 3 is 2.71 bits per heavy atom. The zero-order valence-electron chi connectivity index (χ0n) is 8.56. The fourth-order valence-corrected chi connectivity index (χ4v) is 1.73. The first-order valence-corrected chi connectivity index (χ1v) is 5.79. The van der Waals surface area contributed by atoms with Crippen LogP contribution in [0.1, 0.15) is 29.1 Å². The summed E-state index contributed by atoms with van der Waals surface area (Å²) in [4.78, 5) is 12.8. The minimum absolute atomic E-state index is 0.0556. The lowest BCUT2D eigenvalue weighted by Crippen LogP contribution is -2.44. The highest BCUT2D eigenvalue weighted by Gasteiger charge is 2.20. The van der Waals surface area contributed by atoms with Gasteiger partial charge in [-0.25, -0.2) is 0 Å². The van der Waals surface area contributed by atoms with E-state index in [-0.39, 0.29) is 11.4 Å². The highest BCUT2D eigenvalue weighted by atomic mass is 35.5. The molecule has 1 aromatic rings. The molecule has 14 heavy (non-hydrogen) atoms. The van der Waals surface area contributed by atoms with E-state index >= 15 is 0 Å². The van der Waals surface area contributed by atoms with Crippen LogP contribution >= 0.6 is 22.9 Å². The highest BCUT2D eigenvalue weighted by Crippen LogP contribution is 2.14. The van der Waals surface area contributed by atoms with Gasteiger partial charge in [-0.1, -0.05) is 0 Å². The third-order valence-electron chi connectivity index (χ3n) is 1.78. The number of halogens is 1. The summed E-state index contributed by atoms with van der Waals surface area (Å²) in [7, 11) is 0. The summed E-state index contributed by atoms with van der Waals surface area (Å²) in [6, 6.07) is 1.88. The van der Waals surface area contributed by atoms with Crippen LogP contribution in [-0.4, -0.2) is 17.3 Å². The molecule has 0 aromatic carbocycles. The van der Waals surface area contributed by atoms with Gasteiger partial charge in [0.05, 0.1) is 5.56 Å². The van der Waals surface area contributed by atoms with E-state index in [1.54, 1.807) is 11.3 Å². The van der Waals surface area contributed by atoms with Gasteiger partial charge < -0.3 is 5.32 Å². The SMILES string of the molecule is Cc1cc(C(=O)NC(C)(C)CCl)cs1. The van der Waals surface area contributed by atoms with Gasteiger partial charge in [0.1, 0.15) is 0 Å². The lowest BCUT2D eigenvalue weighted by atomic mass is 10.1. The van der Waals surface area contributed by atoms with Crippen molar-refractivity contribution in [1.82, 2.24) is 5.32 Å². The van der Waals surface area contributed by atoms with Crippen LogP contribution in [0, 0.1) is 6.92 Å². The van der Waals surface area contributed by atoms with Crippen molar-refractivity contribution >= 4 is 28.8 Å². The molecule has 0 aliphatic rings. The van der Waals surface area contributed by atoms with Crippen molar-refractivity contribution in [2.45, 2.75) is 26.3 Å². The minimum Gasteiger partial charge on any atom is -0.346 e. The molecule has 0 saturated carbocycles. The van der Waals surface area contributed by atoms with Gasteiger partial charge in [-0.2, -0.15) is 0 Å². The number of hydrogen-bond acceptors (Lipinski definition) is 2. The van der Waals surface area contributed by atoms with Gasteiger partial charge in [-0.05, 0) is 26.8 Å². The van der Waals surface area contributed by atoms with Gasteiger partial charge >= 0.3 is 0 Å². The van der Waals surface area contributed by atoms with Gasteiger partial charge in [-0.15, -0.1) is 22.9 Å². The Kier molecular flexibility index (Phi) is 3.56. The molecule has 1 heterocycles. The smallest absolute Gasteiger partial charge is 0.252 e. The summed E-state index contributed by atoms with van der Waals surface area (Å²) in [6.45, 7) is 5.78. The molecule has 2 nitrogen and oxygen atoms in total. The molecule has 0 saturated heterocycles. The Balaban J connectivity index is 2.68. The number of carbonyl (C=O) groups excluding carboxylic acids is 1. The Morgan fingerprint density at radius 2 is 2.29 bits per heavy atom. The minimum atomic E-state index is -0.353. The van der Waals surface area contributed by atoms with Gasteiger partial charge in [0, 0.05) is 21.7 Å². The standard InChI is InChI=1S/C10H14ClNOS/c1-7-4-8(5-14-7)9(13)12-10(2,3)6-11/h4-5H,6H2,1-3H3,(H,12,13). The number of alkyl halides is 1. The summed E-state index contributed by atoms with van der Waals surface area (Å²) in [5.41, 5.74) is 0.361. The Hall–Kier alpha value is -0.540. The molecule has 0 aliphatic carbocycles. The third kappa shape index (κ3) is 3.00. The van der Waals surface area contributed by atoms with Crippen LogP contribution in [0.3, 0.4) is 0 Å². The van der Waals surface area contributed by atoms with Crippen molar-refractivity contribution in [3.8, 4) is 0 Å². The van der Waals surface area contributed by atoms with Crippen LogP contribution in [0.5, 0.6) is 0 Å². The van der Waals surface area contributed by atoms with E-state index in [1.165, 1.54) is 0 Å². The van der Waals surface area contributed by atoms with Crippen LogP contribution in [0.2, 0.25) is 0 Å². The van der Waals surface area contributed by atoms with Crippen LogP contribution in [-0.2, 0) is 0 Å². The first-order chi connectivity index (χ1) is 6.44. The molecular weight excluding hydrogens is 218 g/mol. The molecule has 0 unspecified atom stereocenters. The van der Waals surface area contributed by atoms with Crippen molar-refractivity contribution < 1.29 is 4.79 Å². The average molecular weight is 232 g/mol. The number of nitrogens with one attached hydrogen (secondary N) is 1. The maximum absolute atomic E-state index is 11.7. The van der Waals surface area contributed by atoms with Crippen molar-refractivity contribution in [1.29, 1.82) is 0 Å².